The number of hydrogen-bond donors (Lipinski definition) is 2. The summed E-state index contributed by atoms with van der Waals surface area (Å²) in [7, 11) is 1.51. The molecule has 0 aliphatic rings. The first-order valence-electron chi connectivity index (χ1n) is 8.36. The van der Waals surface area contributed by atoms with Crippen LogP contribution in [0, 0.1) is 0 Å². The summed E-state index contributed by atoms with van der Waals surface area (Å²) >= 11 is 6.07. The number of rotatable bonds is 6. The highest BCUT2D eigenvalue weighted by molar-refractivity contribution is 6.32. The largest absolute Gasteiger partial charge is 0.495 e. The maximum absolute atomic E-state index is 12.5. The predicted molar refractivity (Wildman–Crippen MR) is 106 cm³/mol. The van der Waals surface area contributed by atoms with E-state index >= 15 is 0 Å². The van der Waals surface area contributed by atoms with Crippen LogP contribution in [-0.4, -0.2) is 28.9 Å². The molecule has 0 saturated heterocycles. The van der Waals surface area contributed by atoms with Crippen LogP contribution < -0.4 is 15.4 Å². The number of nitrogens with one attached hydrogen (secondary N) is 2. The Kier molecular flexibility index (Phi) is 6.18. The van der Waals surface area contributed by atoms with E-state index in [4.69, 9.17) is 16.3 Å². The second kappa shape index (κ2) is 8.96. The standard InChI is InChI=1S/C20H17ClN4O3/c1-28-18-6-5-14(11-16(18)21)25-19(26)13-7-9-23-17(10-13)20(27)24-12-15-4-2-3-8-22-15/h2-11H,12H2,1H3,(H,24,27)(H,25,26). The van der Waals surface area contributed by atoms with E-state index in [0.717, 1.165) is 5.69 Å². The van der Waals surface area contributed by atoms with Crippen LogP contribution in [-0.2, 0) is 6.54 Å². The molecule has 0 aliphatic carbocycles. The molecule has 8 heteroatoms. The maximum Gasteiger partial charge on any atom is 0.270 e. The van der Waals surface area contributed by atoms with E-state index in [1.165, 1.54) is 25.4 Å². The maximum atomic E-state index is 12.5. The number of benzene rings is 1. The second-order valence-corrected chi connectivity index (χ2v) is 6.14. The predicted octanol–water partition coefficient (Wildman–Crippen LogP) is 3.32. The normalized spacial score (nSPS) is 10.2. The van der Waals surface area contributed by atoms with Gasteiger partial charge in [-0.25, -0.2) is 0 Å². The summed E-state index contributed by atoms with van der Waals surface area (Å²) in [4.78, 5) is 32.9. The summed E-state index contributed by atoms with van der Waals surface area (Å²) in [5.74, 6) is -0.273. The molecular weight excluding hydrogens is 380 g/mol. The van der Waals surface area contributed by atoms with Crippen molar-refractivity contribution in [3.63, 3.8) is 0 Å². The average molecular weight is 397 g/mol. The average Bonchev–Trinajstić information content (AvgIpc) is 2.73. The second-order valence-electron chi connectivity index (χ2n) is 5.74. The van der Waals surface area contributed by atoms with E-state index in [1.54, 1.807) is 36.5 Å². The minimum Gasteiger partial charge on any atom is -0.495 e. The van der Waals surface area contributed by atoms with Gasteiger partial charge in [-0.05, 0) is 42.5 Å². The van der Waals surface area contributed by atoms with Crippen LogP contribution in [0.1, 0.15) is 26.5 Å². The zero-order valence-corrected chi connectivity index (χ0v) is 15.7. The molecule has 1 aromatic carbocycles. The Morgan fingerprint density at radius 3 is 2.61 bits per heavy atom. The highest BCUT2D eigenvalue weighted by atomic mass is 35.5. The van der Waals surface area contributed by atoms with Gasteiger partial charge in [0, 0.05) is 23.6 Å². The number of amides is 2. The summed E-state index contributed by atoms with van der Waals surface area (Å²) in [5.41, 5.74) is 1.66. The first kappa shape index (κ1) is 19.3. The van der Waals surface area contributed by atoms with Crippen molar-refractivity contribution in [3.8, 4) is 5.75 Å². The van der Waals surface area contributed by atoms with Gasteiger partial charge in [-0.2, -0.15) is 0 Å². The van der Waals surface area contributed by atoms with E-state index in [9.17, 15) is 9.59 Å². The van der Waals surface area contributed by atoms with Crippen LogP contribution >= 0.6 is 11.6 Å². The van der Waals surface area contributed by atoms with E-state index in [0.29, 0.717) is 22.0 Å². The fourth-order valence-electron chi connectivity index (χ4n) is 2.41. The molecule has 3 rings (SSSR count). The van der Waals surface area contributed by atoms with Crippen molar-refractivity contribution in [1.29, 1.82) is 0 Å². The molecule has 0 radical (unpaired) electrons. The van der Waals surface area contributed by atoms with Gasteiger partial charge >= 0.3 is 0 Å². The number of hydrogen-bond acceptors (Lipinski definition) is 5. The third-order valence-corrected chi connectivity index (χ3v) is 4.12. The van der Waals surface area contributed by atoms with Gasteiger partial charge in [0.25, 0.3) is 11.8 Å². The van der Waals surface area contributed by atoms with Crippen molar-refractivity contribution in [1.82, 2.24) is 15.3 Å². The SMILES string of the molecule is COc1ccc(NC(=O)c2ccnc(C(=O)NCc3ccccn3)c2)cc1Cl. The van der Waals surface area contributed by atoms with Gasteiger partial charge < -0.3 is 15.4 Å². The number of carbonyl (C=O) groups is 2. The van der Waals surface area contributed by atoms with Gasteiger partial charge in [-0.1, -0.05) is 17.7 Å². The number of pyridine rings is 2. The van der Waals surface area contributed by atoms with Crippen molar-refractivity contribution >= 4 is 29.1 Å². The lowest BCUT2D eigenvalue weighted by molar-refractivity contribution is 0.0945. The molecule has 142 valence electrons. The molecule has 0 atom stereocenters. The first-order valence-corrected chi connectivity index (χ1v) is 8.73. The van der Waals surface area contributed by atoms with Crippen LogP contribution in [0.5, 0.6) is 5.75 Å². The van der Waals surface area contributed by atoms with Crippen molar-refractivity contribution in [2.24, 2.45) is 0 Å². The Hall–Kier alpha value is -3.45. The van der Waals surface area contributed by atoms with E-state index in [1.807, 2.05) is 6.07 Å². The molecule has 28 heavy (non-hydrogen) atoms. The summed E-state index contributed by atoms with van der Waals surface area (Å²) < 4.78 is 5.08. The molecule has 3 aromatic rings. The van der Waals surface area contributed by atoms with Crippen LogP contribution in [0.4, 0.5) is 5.69 Å². The van der Waals surface area contributed by atoms with E-state index in [-0.39, 0.29) is 18.1 Å². The minimum absolute atomic E-state index is 0.136. The van der Waals surface area contributed by atoms with Gasteiger partial charge in [-0.15, -0.1) is 0 Å². The molecule has 2 amide bonds. The number of aromatic nitrogens is 2. The number of methoxy groups -OCH3 is 1. The number of nitrogens with zero attached hydrogens (tertiary/aromatic N) is 2. The molecule has 0 aliphatic heterocycles. The van der Waals surface area contributed by atoms with Crippen molar-refractivity contribution in [3.05, 3.63) is 82.9 Å². The van der Waals surface area contributed by atoms with Gasteiger partial charge in [-0.3, -0.25) is 19.6 Å². The smallest absolute Gasteiger partial charge is 0.270 e. The minimum atomic E-state index is -0.396. The van der Waals surface area contributed by atoms with Gasteiger partial charge in [0.2, 0.25) is 0 Å². The topological polar surface area (TPSA) is 93.2 Å². The highest BCUT2D eigenvalue weighted by Gasteiger charge is 2.13. The number of halogens is 1. The molecule has 0 unspecified atom stereocenters. The van der Waals surface area contributed by atoms with Crippen LogP contribution in [0.15, 0.2) is 60.9 Å². The Morgan fingerprint density at radius 2 is 1.89 bits per heavy atom. The lowest BCUT2D eigenvalue weighted by Crippen LogP contribution is -2.24. The third-order valence-electron chi connectivity index (χ3n) is 3.82. The Labute approximate surface area is 166 Å². The van der Waals surface area contributed by atoms with Crippen molar-refractivity contribution in [2.45, 2.75) is 6.54 Å². The van der Waals surface area contributed by atoms with Gasteiger partial charge in [0.05, 0.1) is 24.4 Å². The number of ether oxygens (including phenoxy) is 1. The van der Waals surface area contributed by atoms with E-state index in [2.05, 4.69) is 20.6 Å². The lowest BCUT2D eigenvalue weighted by atomic mass is 10.2. The summed E-state index contributed by atoms with van der Waals surface area (Å²) in [5, 5.41) is 5.83. The molecule has 0 fully saturated rings. The number of anilines is 1. The first-order chi connectivity index (χ1) is 13.6. The molecule has 0 saturated carbocycles. The Morgan fingerprint density at radius 1 is 1.04 bits per heavy atom. The van der Waals surface area contributed by atoms with Crippen LogP contribution in [0.2, 0.25) is 5.02 Å². The van der Waals surface area contributed by atoms with Gasteiger partial charge in [0.1, 0.15) is 11.4 Å². The van der Waals surface area contributed by atoms with E-state index < -0.39 is 5.91 Å². The van der Waals surface area contributed by atoms with Crippen molar-refractivity contribution in [2.75, 3.05) is 12.4 Å². The lowest BCUT2D eigenvalue weighted by Gasteiger charge is -2.09. The van der Waals surface area contributed by atoms with Crippen molar-refractivity contribution < 1.29 is 14.3 Å². The summed E-state index contributed by atoms with van der Waals surface area (Å²) in [6.45, 7) is 0.266. The molecule has 0 spiro atoms. The Bertz CT molecular complexity index is 996. The fourth-order valence-corrected chi connectivity index (χ4v) is 2.67. The molecule has 7 nitrogen and oxygen atoms in total. The van der Waals surface area contributed by atoms with Gasteiger partial charge in [0.15, 0.2) is 0 Å². The third kappa shape index (κ3) is 4.83. The van der Waals surface area contributed by atoms with Crippen LogP contribution in [0.25, 0.3) is 0 Å². The highest BCUT2D eigenvalue weighted by Crippen LogP contribution is 2.27. The Balaban J connectivity index is 1.67. The summed E-state index contributed by atoms with van der Waals surface area (Å²) in [6.07, 6.45) is 3.06. The number of carbonyl (C=O) groups excluding carboxylic acids is 2. The monoisotopic (exact) mass is 396 g/mol. The molecule has 2 aromatic heterocycles. The molecule has 2 heterocycles. The molecule has 2 N–H and O–H groups in total. The molecule has 0 bridgehead atoms. The van der Waals surface area contributed by atoms with Crippen LogP contribution in [0.3, 0.4) is 0 Å². The summed E-state index contributed by atoms with van der Waals surface area (Å²) in [6, 6.07) is 13.3. The fraction of sp³-hybridized carbons (Fsp3) is 0.100. The zero-order valence-electron chi connectivity index (χ0n) is 15.0. The zero-order chi connectivity index (χ0) is 19.9. The molecular formula is C20H17ClN4O3. The quantitative estimate of drug-likeness (QED) is 0.666.